The molecule has 0 atom stereocenters. The number of fused-ring (bicyclic) bond motifs is 1. The zero-order valence-corrected chi connectivity index (χ0v) is 21.8. The molecule has 1 saturated carbocycles. The van der Waals surface area contributed by atoms with Crippen LogP contribution in [-0.4, -0.2) is 29.1 Å². The quantitative estimate of drug-likeness (QED) is 0.177. The van der Waals surface area contributed by atoms with Gasteiger partial charge in [0.2, 0.25) is 0 Å². The van der Waals surface area contributed by atoms with E-state index in [0.29, 0.717) is 46.4 Å². The molecule has 1 heterocycles. The Morgan fingerprint density at radius 1 is 0.897 bits per heavy atom. The first-order chi connectivity index (χ1) is 18.8. The van der Waals surface area contributed by atoms with Crippen molar-refractivity contribution in [1.29, 1.82) is 0 Å². The van der Waals surface area contributed by atoms with Crippen molar-refractivity contribution < 1.29 is 28.2 Å². The number of Topliss-reactive ketones (excluding diaryl/α,β-unsaturated/α-hetero) is 2. The summed E-state index contributed by atoms with van der Waals surface area (Å²) in [5.74, 6) is 0.143. The first-order valence-electron chi connectivity index (χ1n) is 12.9. The third-order valence-electron chi connectivity index (χ3n) is 7.15. The summed E-state index contributed by atoms with van der Waals surface area (Å²) in [4.78, 5) is 42.8. The van der Waals surface area contributed by atoms with E-state index in [1.807, 2.05) is 25.1 Å². The lowest BCUT2D eigenvalue weighted by Gasteiger charge is -2.14. The fraction of sp³-hybridized carbons (Fsp3) is 0.250. The van der Waals surface area contributed by atoms with Crippen molar-refractivity contribution in [2.75, 3.05) is 6.61 Å². The van der Waals surface area contributed by atoms with Crippen molar-refractivity contribution in [1.82, 2.24) is 4.98 Å². The summed E-state index contributed by atoms with van der Waals surface area (Å²) in [5, 5.41) is 0.681. The minimum absolute atomic E-state index is 0.0923. The third-order valence-corrected chi connectivity index (χ3v) is 7.15. The number of ether oxygens (including phenoxy) is 2. The van der Waals surface area contributed by atoms with Crippen LogP contribution in [0.5, 0.6) is 11.5 Å². The van der Waals surface area contributed by atoms with Gasteiger partial charge in [-0.15, -0.1) is 0 Å². The molecule has 0 radical (unpaired) electrons. The van der Waals surface area contributed by atoms with Crippen LogP contribution < -0.4 is 4.74 Å². The molecule has 0 unspecified atom stereocenters. The van der Waals surface area contributed by atoms with Gasteiger partial charge in [0.15, 0.2) is 11.6 Å². The highest BCUT2D eigenvalue weighted by Gasteiger charge is 2.54. The molecule has 1 aliphatic carbocycles. The Morgan fingerprint density at radius 3 is 2.10 bits per heavy atom. The van der Waals surface area contributed by atoms with E-state index >= 15 is 0 Å². The number of esters is 1. The van der Waals surface area contributed by atoms with Crippen LogP contribution in [0, 0.1) is 18.2 Å². The van der Waals surface area contributed by atoms with Gasteiger partial charge in [-0.1, -0.05) is 24.3 Å². The number of hydrogen-bond donors (Lipinski definition) is 0. The summed E-state index contributed by atoms with van der Waals surface area (Å²) in [6.07, 6.45) is 3.02. The van der Waals surface area contributed by atoms with Gasteiger partial charge in [-0.3, -0.25) is 14.6 Å². The van der Waals surface area contributed by atoms with E-state index in [9.17, 15) is 18.8 Å². The number of ketones is 2. The van der Waals surface area contributed by atoms with Crippen molar-refractivity contribution in [3.8, 4) is 11.5 Å². The highest BCUT2D eigenvalue weighted by molar-refractivity contribution is 6.11. The molecule has 1 fully saturated rings. The number of pyridine rings is 1. The maximum atomic E-state index is 13.2. The minimum Gasteiger partial charge on any atom is -0.462 e. The predicted octanol–water partition coefficient (Wildman–Crippen LogP) is 6.35. The molecular weight excluding hydrogens is 497 g/mol. The number of carbonyl (C=O) groups is 3. The Hall–Kier alpha value is -4.39. The van der Waals surface area contributed by atoms with Crippen molar-refractivity contribution in [2.24, 2.45) is 5.41 Å². The number of aryl methyl sites for hydroxylation is 1. The molecular formula is C32H28FNO5. The summed E-state index contributed by atoms with van der Waals surface area (Å²) in [6, 6.07) is 18.3. The molecule has 0 N–H and O–H groups in total. The number of carbonyl (C=O) groups excluding carboxylic acids is 3. The largest absolute Gasteiger partial charge is 0.462 e. The van der Waals surface area contributed by atoms with Crippen LogP contribution in [0.2, 0.25) is 0 Å². The van der Waals surface area contributed by atoms with Crippen LogP contribution in [0.15, 0.2) is 72.9 Å². The molecule has 3 aromatic carbocycles. The number of benzene rings is 3. The Bertz CT molecular complexity index is 1560. The highest BCUT2D eigenvalue weighted by Crippen LogP contribution is 2.48. The number of nitrogens with zero attached hydrogens (tertiary/aromatic N) is 1. The third kappa shape index (κ3) is 5.58. The van der Waals surface area contributed by atoms with Gasteiger partial charge < -0.3 is 9.47 Å². The van der Waals surface area contributed by atoms with Crippen molar-refractivity contribution in [2.45, 2.75) is 39.5 Å². The Labute approximate surface area is 225 Å². The van der Waals surface area contributed by atoms with Crippen molar-refractivity contribution in [3.63, 3.8) is 0 Å². The normalized spacial score (nSPS) is 13.6. The van der Waals surface area contributed by atoms with Gasteiger partial charge in [0.1, 0.15) is 17.3 Å². The zero-order valence-electron chi connectivity index (χ0n) is 21.8. The summed E-state index contributed by atoms with van der Waals surface area (Å²) >= 11 is 0. The second kappa shape index (κ2) is 10.8. The van der Waals surface area contributed by atoms with Crippen molar-refractivity contribution in [3.05, 3.63) is 101 Å². The molecule has 6 nitrogen and oxygen atoms in total. The van der Waals surface area contributed by atoms with E-state index in [1.54, 1.807) is 49.5 Å². The lowest BCUT2D eigenvalue weighted by atomic mass is 9.88. The van der Waals surface area contributed by atoms with Gasteiger partial charge in [0.25, 0.3) is 0 Å². The Balaban J connectivity index is 1.28. The molecule has 0 amide bonds. The summed E-state index contributed by atoms with van der Waals surface area (Å²) in [5.41, 5.74) is 2.47. The fourth-order valence-corrected chi connectivity index (χ4v) is 4.74. The minimum atomic E-state index is -0.936. The summed E-state index contributed by atoms with van der Waals surface area (Å²) in [6.45, 7) is 3.88. The fourth-order valence-electron chi connectivity index (χ4n) is 4.74. The number of rotatable bonds is 10. The van der Waals surface area contributed by atoms with E-state index < -0.39 is 11.4 Å². The molecule has 0 bridgehead atoms. The lowest BCUT2D eigenvalue weighted by Crippen LogP contribution is -2.28. The highest BCUT2D eigenvalue weighted by atomic mass is 19.1. The molecule has 0 saturated heterocycles. The van der Waals surface area contributed by atoms with E-state index in [2.05, 4.69) is 4.98 Å². The summed E-state index contributed by atoms with van der Waals surface area (Å²) < 4.78 is 24.5. The maximum absolute atomic E-state index is 13.2. The molecule has 1 aliphatic rings. The van der Waals surface area contributed by atoms with Crippen LogP contribution >= 0.6 is 0 Å². The molecule has 0 spiro atoms. The second-order valence-corrected chi connectivity index (χ2v) is 9.87. The van der Waals surface area contributed by atoms with Crippen LogP contribution in [-0.2, 0) is 27.2 Å². The standard InChI is InChI=1S/C32H28FNO5/c1-3-38-31(37)25-19-26-27(16-20(25)2)34-15-12-28(26)39-24-10-6-22(7-11-24)18-30(36)32(13-14-32)29(35)17-21-4-8-23(33)9-5-21/h4-12,15-16,19H,3,13-14,17-18H2,1-2H3. The van der Waals surface area contributed by atoms with E-state index in [0.717, 1.165) is 11.1 Å². The average Bonchev–Trinajstić information content (AvgIpc) is 3.73. The number of hydrogen-bond acceptors (Lipinski definition) is 6. The van der Waals surface area contributed by atoms with Gasteiger partial charge in [0, 0.05) is 24.4 Å². The van der Waals surface area contributed by atoms with E-state index in [-0.39, 0.29) is 36.8 Å². The van der Waals surface area contributed by atoms with Gasteiger partial charge in [-0.25, -0.2) is 9.18 Å². The Morgan fingerprint density at radius 2 is 1.51 bits per heavy atom. The van der Waals surface area contributed by atoms with Crippen LogP contribution in [0.1, 0.15) is 46.8 Å². The van der Waals surface area contributed by atoms with Crippen molar-refractivity contribution >= 4 is 28.4 Å². The predicted molar refractivity (Wildman–Crippen MR) is 144 cm³/mol. The van der Waals surface area contributed by atoms with E-state index in [4.69, 9.17) is 9.47 Å². The maximum Gasteiger partial charge on any atom is 0.338 e. The van der Waals surface area contributed by atoms with E-state index in [1.165, 1.54) is 12.1 Å². The van der Waals surface area contributed by atoms with Gasteiger partial charge in [-0.05, 0) is 85.8 Å². The van der Waals surface area contributed by atoms with Gasteiger partial charge in [0.05, 0.1) is 23.1 Å². The zero-order chi connectivity index (χ0) is 27.6. The number of halogens is 1. The Kier molecular flexibility index (Phi) is 7.24. The molecule has 7 heteroatoms. The summed E-state index contributed by atoms with van der Waals surface area (Å²) in [7, 11) is 0. The SMILES string of the molecule is CCOC(=O)c1cc2c(Oc3ccc(CC(=O)C4(C(=O)Cc5ccc(F)cc5)CC4)cc3)ccnc2cc1C. The molecule has 0 aliphatic heterocycles. The first kappa shape index (κ1) is 26.2. The second-order valence-electron chi connectivity index (χ2n) is 9.87. The van der Waals surface area contributed by atoms with Crippen LogP contribution in [0.25, 0.3) is 10.9 Å². The van der Waals surface area contributed by atoms with Crippen LogP contribution in [0.3, 0.4) is 0 Å². The first-order valence-corrected chi connectivity index (χ1v) is 12.9. The van der Waals surface area contributed by atoms with Crippen LogP contribution in [0.4, 0.5) is 4.39 Å². The number of aromatic nitrogens is 1. The smallest absolute Gasteiger partial charge is 0.338 e. The molecule has 198 valence electrons. The average molecular weight is 526 g/mol. The van der Waals surface area contributed by atoms with Gasteiger partial charge in [-0.2, -0.15) is 0 Å². The lowest BCUT2D eigenvalue weighted by molar-refractivity contribution is -0.133. The monoisotopic (exact) mass is 525 g/mol. The molecule has 4 aromatic rings. The molecule has 1 aromatic heterocycles. The topological polar surface area (TPSA) is 82.6 Å². The van der Waals surface area contributed by atoms with Gasteiger partial charge >= 0.3 is 5.97 Å². The molecule has 5 rings (SSSR count). The molecule has 39 heavy (non-hydrogen) atoms.